The molecule has 0 radical (unpaired) electrons. The monoisotopic (exact) mass is 295 g/mol. The van der Waals surface area contributed by atoms with Crippen molar-refractivity contribution in [2.24, 2.45) is 5.73 Å². The van der Waals surface area contributed by atoms with Gasteiger partial charge in [0.05, 0.1) is 26.8 Å². The molecule has 116 valence electrons. The Hall–Kier alpha value is -2.28. The SMILES string of the molecule is COc1cccc(OCCCNC(=O)CNC(=O)CN)c1. The summed E-state index contributed by atoms with van der Waals surface area (Å²) < 4.78 is 10.6. The van der Waals surface area contributed by atoms with E-state index in [0.29, 0.717) is 19.6 Å². The predicted octanol–water partition coefficient (Wildman–Crippen LogP) is -0.345. The van der Waals surface area contributed by atoms with E-state index in [1.165, 1.54) is 0 Å². The molecule has 0 aliphatic carbocycles. The van der Waals surface area contributed by atoms with E-state index in [9.17, 15) is 9.59 Å². The van der Waals surface area contributed by atoms with Crippen molar-refractivity contribution in [2.45, 2.75) is 6.42 Å². The molecule has 0 heterocycles. The Bertz CT molecular complexity index is 465. The molecular formula is C14H21N3O4. The van der Waals surface area contributed by atoms with Crippen LogP contribution >= 0.6 is 0 Å². The van der Waals surface area contributed by atoms with Gasteiger partial charge in [0.15, 0.2) is 0 Å². The number of ether oxygens (including phenoxy) is 2. The van der Waals surface area contributed by atoms with Gasteiger partial charge in [-0.1, -0.05) is 6.07 Å². The fraction of sp³-hybridized carbons (Fsp3) is 0.429. The molecule has 0 aliphatic heterocycles. The smallest absolute Gasteiger partial charge is 0.239 e. The van der Waals surface area contributed by atoms with E-state index < -0.39 is 0 Å². The number of nitrogens with two attached hydrogens (primary N) is 1. The lowest BCUT2D eigenvalue weighted by Crippen LogP contribution is -2.39. The lowest BCUT2D eigenvalue weighted by atomic mass is 10.3. The highest BCUT2D eigenvalue weighted by Crippen LogP contribution is 2.18. The second-order valence-corrected chi connectivity index (χ2v) is 4.21. The highest BCUT2D eigenvalue weighted by Gasteiger charge is 2.03. The summed E-state index contributed by atoms with van der Waals surface area (Å²) in [7, 11) is 1.60. The van der Waals surface area contributed by atoms with Crippen molar-refractivity contribution in [3.8, 4) is 11.5 Å². The summed E-state index contributed by atoms with van der Waals surface area (Å²) in [6.07, 6.45) is 0.661. The van der Waals surface area contributed by atoms with Gasteiger partial charge in [-0.2, -0.15) is 0 Å². The largest absolute Gasteiger partial charge is 0.497 e. The highest BCUT2D eigenvalue weighted by molar-refractivity contribution is 5.85. The molecule has 0 atom stereocenters. The van der Waals surface area contributed by atoms with Crippen LogP contribution in [0.2, 0.25) is 0 Å². The van der Waals surface area contributed by atoms with Gasteiger partial charge in [-0.25, -0.2) is 0 Å². The summed E-state index contributed by atoms with van der Waals surface area (Å²) in [4.78, 5) is 22.2. The maximum Gasteiger partial charge on any atom is 0.239 e. The van der Waals surface area contributed by atoms with Crippen LogP contribution in [-0.2, 0) is 9.59 Å². The molecule has 0 bridgehead atoms. The van der Waals surface area contributed by atoms with Crippen LogP contribution in [0.25, 0.3) is 0 Å². The number of benzene rings is 1. The first-order chi connectivity index (χ1) is 10.2. The molecule has 0 aromatic heterocycles. The molecular weight excluding hydrogens is 274 g/mol. The number of carbonyl (C=O) groups excluding carboxylic acids is 2. The number of rotatable bonds is 9. The number of nitrogens with one attached hydrogen (secondary N) is 2. The van der Waals surface area contributed by atoms with E-state index in [1.807, 2.05) is 18.2 Å². The van der Waals surface area contributed by atoms with Gasteiger partial charge in [0.2, 0.25) is 11.8 Å². The van der Waals surface area contributed by atoms with Crippen molar-refractivity contribution in [3.05, 3.63) is 24.3 Å². The molecule has 0 saturated carbocycles. The van der Waals surface area contributed by atoms with Crippen LogP contribution in [0.15, 0.2) is 24.3 Å². The lowest BCUT2D eigenvalue weighted by molar-refractivity contribution is -0.125. The van der Waals surface area contributed by atoms with E-state index in [-0.39, 0.29) is 24.9 Å². The zero-order valence-corrected chi connectivity index (χ0v) is 12.1. The van der Waals surface area contributed by atoms with Gasteiger partial charge in [-0.05, 0) is 18.6 Å². The Balaban J connectivity index is 2.11. The Morgan fingerprint density at radius 3 is 2.67 bits per heavy atom. The molecule has 7 nitrogen and oxygen atoms in total. The molecule has 2 amide bonds. The molecule has 21 heavy (non-hydrogen) atoms. The van der Waals surface area contributed by atoms with E-state index >= 15 is 0 Å². The Morgan fingerprint density at radius 2 is 1.95 bits per heavy atom. The third-order valence-electron chi connectivity index (χ3n) is 2.58. The molecule has 1 aromatic rings. The number of carbonyl (C=O) groups is 2. The average molecular weight is 295 g/mol. The van der Waals surface area contributed by atoms with Crippen molar-refractivity contribution < 1.29 is 19.1 Å². The van der Waals surface area contributed by atoms with E-state index in [1.54, 1.807) is 13.2 Å². The Morgan fingerprint density at radius 1 is 1.19 bits per heavy atom. The number of amides is 2. The van der Waals surface area contributed by atoms with Gasteiger partial charge in [0.25, 0.3) is 0 Å². The first-order valence-electron chi connectivity index (χ1n) is 6.66. The third-order valence-corrected chi connectivity index (χ3v) is 2.58. The van der Waals surface area contributed by atoms with E-state index in [4.69, 9.17) is 15.2 Å². The minimum Gasteiger partial charge on any atom is -0.497 e. The Labute approximate surface area is 123 Å². The molecule has 0 saturated heterocycles. The topological polar surface area (TPSA) is 103 Å². The average Bonchev–Trinajstić information content (AvgIpc) is 2.52. The second kappa shape index (κ2) is 9.60. The fourth-order valence-corrected chi connectivity index (χ4v) is 1.49. The molecule has 0 fully saturated rings. The van der Waals surface area contributed by atoms with Crippen LogP contribution in [0.5, 0.6) is 11.5 Å². The zero-order chi connectivity index (χ0) is 15.5. The van der Waals surface area contributed by atoms with Crippen LogP contribution in [0, 0.1) is 0 Å². The first kappa shape index (κ1) is 16.8. The van der Waals surface area contributed by atoms with Crippen molar-refractivity contribution in [1.29, 1.82) is 0 Å². The number of hydrogen-bond acceptors (Lipinski definition) is 5. The van der Waals surface area contributed by atoms with Crippen molar-refractivity contribution in [2.75, 3.05) is 33.4 Å². The van der Waals surface area contributed by atoms with Gasteiger partial charge >= 0.3 is 0 Å². The van der Waals surface area contributed by atoms with Crippen LogP contribution in [0.4, 0.5) is 0 Å². The fourth-order valence-electron chi connectivity index (χ4n) is 1.49. The Kier molecular flexibility index (Phi) is 7.67. The summed E-state index contributed by atoms with van der Waals surface area (Å²) in [5, 5.41) is 5.06. The molecule has 1 aromatic carbocycles. The van der Waals surface area contributed by atoms with Crippen LogP contribution in [0.3, 0.4) is 0 Å². The van der Waals surface area contributed by atoms with Gasteiger partial charge < -0.3 is 25.8 Å². The van der Waals surface area contributed by atoms with Gasteiger partial charge in [-0.15, -0.1) is 0 Å². The summed E-state index contributed by atoms with van der Waals surface area (Å²) >= 11 is 0. The molecule has 0 aliphatic rings. The third kappa shape index (κ3) is 7.17. The number of hydrogen-bond donors (Lipinski definition) is 3. The molecule has 4 N–H and O–H groups in total. The zero-order valence-electron chi connectivity index (χ0n) is 12.1. The summed E-state index contributed by atoms with van der Waals surface area (Å²) in [6.45, 7) is 0.762. The summed E-state index contributed by atoms with van der Waals surface area (Å²) in [6, 6.07) is 7.31. The van der Waals surface area contributed by atoms with Crippen molar-refractivity contribution >= 4 is 11.8 Å². The second-order valence-electron chi connectivity index (χ2n) is 4.21. The summed E-state index contributed by atoms with van der Waals surface area (Å²) in [5.74, 6) is 0.844. The highest BCUT2D eigenvalue weighted by atomic mass is 16.5. The van der Waals surface area contributed by atoms with Crippen molar-refractivity contribution in [1.82, 2.24) is 10.6 Å². The van der Waals surface area contributed by atoms with Crippen LogP contribution in [0.1, 0.15) is 6.42 Å². The minimum absolute atomic E-state index is 0.0627. The quantitative estimate of drug-likeness (QED) is 0.541. The minimum atomic E-state index is -0.355. The normalized spacial score (nSPS) is 9.81. The standard InChI is InChI=1S/C14H21N3O4/c1-20-11-4-2-5-12(8-11)21-7-3-6-16-14(19)10-17-13(18)9-15/h2,4-5,8H,3,6-7,9-10,15H2,1H3,(H,16,19)(H,17,18). The number of methoxy groups -OCH3 is 1. The maximum atomic E-state index is 11.4. The maximum absolute atomic E-state index is 11.4. The van der Waals surface area contributed by atoms with Gasteiger partial charge in [0, 0.05) is 12.6 Å². The molecule has 7 heteroatoms. The molecule has 0 unspecified atom stereocenters. The van der Waals surface area contributed by atoms with E-state index in [2.05, 4.69) is 10.6 Å². The predicted molar refractivity (Wildman–Crippen MR) is 78.2 cm³/mol. The molecule has 1 rings (SSSR count). The molecule has 0 spiro atoms. The van der Waals surface area contributed by atoms with Gasteiger partial charge in [-0.3, -0.25) is 9.59 Å². The first-order valence-corrected chi connectivity index (χ1v) is 6.66. The van der Waals surface area contributed by atoms with Crippen LogP contribution < -0.4 is 25.8 Å². The van der Waals surface area contributed by atoms with Crippen molar-refractivity contribution in [3.63, 3.8) is 0 Å². The van der Waals surface area contributed by atoms with E-state index in [0.717, 1.165) is 11.5 Å². The van der Waals surface area contributed by atoms with Crippen LogP contribution in [-0.4, -0.2) is 45.2 Å². The lowest BCUT2D eigenvalue weighted by Gasteiger charge is -2.09. The summed E-state index contributed by atoms with van der Waals surface area (Å²) in [5.41, 5.74) is 5.10. The van der Waals surface area contributed by atoms with Gasteiger partial charge in [0.1, 0.15) is 11.5 Å².